The van der Waals surface area contributed by atoms with Crippen LogP contribution in [0, 0.1) is 0 Å². The predicted octanol–water partition coefficient (Wildman–Crippen LogP) is 3.23. The normalized spacial score (nSPS) is 19.8. The van der Waals surface area contributed by atoms with Crippen molar-refractivity contribution in [2.45, 2.75) is 38.6 Å². The van der Waals surface area contributed by atoms with E-state index in [0.717, 1.165) is 51.1 Å². The first-order valence-electron chi connectivity index (χ1n) is 12.2. The Bertz CT molecular complexity index is 988. The summed E-state index contributed by atoms with van der Waals surface area (Å²) in [6.07, 6.45) is 7.89. The number of aromatic nitrogens is 2. The number of H-pyrrole nitrogens is 1. The molecule has 0 saturated carbocycles. The molecule has 0 radical (unpaired) electrons. The molecule has 10 heteroatoms. The molecule has 2 aliphatic heterocycles. The topological polar surface area (TPSA) is 81.8 Å². The molecular formula is C25H35ClFN5O3. The number of carbonyl (C=O) groups is 1. The zero-order chi connectivity index (χ0) is 25.2. The molecule has 0 aromatic carbocycles. The van der Waals surface area contributed by atoms with Crippen LogP contribution >= 0.6 is 11.6 Å². The van der Waals surface area contributed by atoms with Crippen molar-refractivity contribution >= 4 is 23.1 Å². The lowest BCUT2D eigenvalue weighted by Gasteiger charge is -2.37. The summed E-state index contributed by atoms with van der Waals surface area (Å²) in [5.74, 6) is 0.465. The van der Waals surface area contributed by atoms with Gasteiger partial charge in [-0.1, -0.05) is 56.2 Å². The van der Waals surface area contributed by atoms with Crippen molar-refractivity contribution in [3.63, 3.8) is 0 Å². The van der Waals surface area contributed by atoms with E-state index in [1.54, 1.807) is 23.1 Å². The average Bonchev–Trinajstić information content (AvgIpc) is 2.87. The third kappa shape index (κ3) is 7.33. The van der Waals surface area contributed by atoms with Gasteiger partial charge in [0.05, 0.1) is 24.3 Å². The highest BCUT2D eigenvalue weighted by Crippen LogP contribution is 2.30. The molecule has 1 atom stereocenters. The third-order valence-corrected chi connectivity index (χ3v) is 6.78. The fourth-order valence-corrected chi connectivity index (χ4v) is 4.70. The van der Waals surface area contributed by atoms with E-state index in [9.17, 15) is 14.1 Å². The Morgan fingerprint density at radius 2 is 2.06 bits per heavy atom. The van der Waals surface area contributed by atoms with Gasteiger partial charge in [-0.15, -0.1) is 0 Å². The van der Waals surface area contributed by atoms with E-state index in [2.05, 4.69) is 33.2 Å². The molecule has 1 unspecified atom stereocenters. The molecule has 1 saturated heterocycles. The van der Waals surface area contributed by atoms with E-state index in [-0.39, 0.29) is 30.5 Å². The van der Waals surface area contributed by atoms with Gasteiger partial charge in [0, 0.05) is 56.3 Å². The number of nitrogens with zero attached hydrogens (tertiary/aromatic N) is 4. The Balaban J connectivity index is 1.76. The fourth-order valence-electron chi connectivity index (χ4n) is 4.63. The number of allylic oxidation sites excluding steroid dienone is 4. The molecule has 35 heavy (non-hydrogen) atoms. The summed E-state index contributed by atoms with van der Waals surface area (Å²) >= 11 is 5.65. The summed E-state index contributed by atoms with van der Waals surface area (Å²) in [7, 11) is 0. The highest BCUT2D eigenvalue weighted by Gasteiger charge is 2.32. The number of fused-ring (bicyclic) bond motifs is 1. The van der Waals surface area contributed by atoms with Crippen LogP contribution in [-0.2, 0) is 16.3 Å². The van der Waals surface area contributed by atoms with Crippen molar-refractivity contribution in [1.29, 1.82) is 0 Å². The van der Waals surface area contributed by atoms with Crippen LogP contribution in [0.2, 0.25) is 0 Å². The van der Waals surface area contributed by atoms with Gasteiger partial charge in [-0.2, -0.15) is 4.94 Å². The quantitative estimate of drug-likeness (QED) is 0.463. The predicted molar refractivity (Wildman–Crippen MR) is 136 cm³/mol. The van der Waals surface area contributed by atoms with Crippen molar-refractivity contribution in [2.24, 2.45) is 0 Å². The second kappa shape index (κ2) is 13.7. The van der Waals surface area contributed by atoms with Crippen molar-refractivity contribution in [3.8, 4) is 0 Å². The van der Waals surface area contributed by atoms with E-state index >= 15 is 0 Å². The molecule has 0 spiro atoms. The van der Waals surface area contributed by atoms with Crippen LogP contribution in [0.25, 0.3) is 5.57 Å². The summed E-state index contributed by atoms with van der Waals surface area (Å²) in [5, 5.41) is 0. The Kier molecular flexibility index (Phi) is 10.7. The molecule has 0 aliphatic carbocycles. The first-order valence-corrected chi connectivity index (χ1v) is 12.6. The van der Waals surface area contributed by atoms with E-state index in [1.165, 1.54) is 5.54 Å². The summed E-state index contributed by atoms with van der Waals surface area (Å²) in [6.45, 7) is 10.7. The van der Waals surface area contributed by atoms with Gasteiger partial charge in [0.25, 0.3) is 5.56 Å². The van der Waals surface area contributed by atoms with Crippen LogP contribution in [0.5, 0.6) is 0 Å². The molecule has 192 valence electrons. The molecule has 1 aromatic rings. The second-order valence-electron chi connectivity index (χ2n) is 8.97. The molecule has 0 bridgehead atoms. The summed E-state index contributed by atoms with van der Waals surface area (Å²) < 4.78 is 11.9. The van der Waals surface area contributed by atoms with Gasteiger partial charge in [0.15, 0.2) is 0 Å². The molecule has 1 amide bonds. The zero-order valence-corrected chi connectivity index (χ0v) is 21.1. The Morgan fingerprint density at radius 3 is 2.71 bits per heavy atom. The van der Waals surface area contributed by atoms with Crippen LogP contribution < -0.4 is 5.56 Å². The number of rotatable bonds is 11. The standard InChI is InChI=1S/C25H35ClFN5O3/c1-3-5-7-20-16-32(22(33)18-31-12-10-30(11-13-31)14-15-35-27)17-21-23(20)28-24(29-25(21)34)19(4-2)8-6-9-26/h4,6,8-9,20H,2-3,5,7,10-18H2,1H3,(H,28,29,34)/b9-6+,19-8+. The Hall–Kier alpha value is -2.33. The van der Waals surface area contributed by atoms with Crippen molar-refractivity contribution < 1.29 is 14.3 Å². The van der Waals surface area contributed by atoms with Gasteiger partial charge in [-0.3, -0.25) is 19.4 Å². The van der Waals surface area contributed by atoms with Gasteiger partial charge in [-0.25, -0.2) is 4.98 Å². The molecule has 3 rings (SSSR count). The van der Waals surface area contributed by atoms with Crippen LogP contribution in [-0.4, -0.2) is 83.0 Å². The second-order valence-corrected chi connectivity index (χ2v) is 9.22. The summed E-state index contributed by atoms with van der Waals surface area (Å²) in [6, 6.07) is 0. The van der Waals surface area contributed by atoms with E-state index in [0.29, 0.717) is 36.6 Å². The fraction of sp³-hybridized carbons (Fsp3) is 0.560. The minimum Gasteiger partial charge on any atom is -0.336 e. The number of hydrogen-bond donors (Lipinski definition) is 1. The number of nitrogens with one attached hydrogen (secondary N) is 1. The lowest BCUT2D eigenvalue weighted by atomic mass is 9.90. The molecule has 8 nitrogen and oxygen atoms in total. The van der Waals surface area contributed by atoms with Crippen LogP contribution in [0.15, 0.2) is 35.1 Å². The third-order valence-electron chi connectivity index (χ3n) is 6.63. The lowest BCUT2D eigenvalue weighted by molar-refractivity contribution is -0.138. The molecular weight excluding hydrogens is 473 g/mol. The zero-order valence-electron chi connectivity index (χ0n) is 20.3. The van der Waals surface area contributed by atoms with Gasteiger partial charge in [-0.05, 0) is 10.9 Å². The monoisotopic (exact) mass is 507 g/mol. The number of aromatic amines is 1. The van der Waals surface area contributed by atoms with Gasteiger partial charge >= 0.3 is 0 Å². The van der Waals surface area contributed by atoms with Crippen molar-refractivity contribution in [3.05, 3.63) is 57.8 Å². The maximum absolute atomic E-state index is 13.2. The number of piperazine rings is 1. The minimum atomic E-state index is -0.227. The SMILES string of the molecule is C=C/C(=C\C=C\Cl)c1nc2c(c(=O)[nH]1)CN(C(=O)CN1CCN(CCOF)CC1)CC2CCCC. The minimum absolute atomic E-state index is 0.00381. The van der Waals surface area contributed by atoms with Crippen LogP contribution in [0.1, 0.15) is 49.2 Å². The van der Waals surface area contributed by atoms with E-state index in [1.807, 2.05) is 0 Å². The summed E-state index contributed by atoms with van der Waals surface area (Å²) in [4.78, 5) is 43.7. The lowest BCUT2D eigenvalue weighted by Crippen LogP contribution is -2.51. The first-order chi connectivity index (χ1) is 17.0. The number of hydrogen-bond acceptors (Lipinski definition) is 6. The number of halogens is 2. The maximum atomic E-state index is 13.2. The first kappa shape index (κ1) is 27.3. The Labute approximate surface area is 211 Å². The van der Waals surface area contributed by atoms with Gasteiger partial charge in [0.2, 0.25) is 5.91 Å². The van der Waals surface area contributed by atoms with E-state index in [4.69, 9.17) is 16.6 Å². The van der Waals surface area contributed by atoms with Crippen molar-refractivity contribution in [1.82, 2.24) is 24.7 Å². The smallest absolute Gasteiger partial charge is 0.256 e. The number of amides is 1. The average molecular weight is 508 g/mol. The van der Waals surface area contributed by atoms with Gasteiger partial charge < -0.3 is 9.88 Å². The number of unbranched alkanes of at least 4 members (excludes halogenated alkanes) is 1. The maximum Gasteiger partial charge on any atom is 0.256 e. The largest absolute Gasteiger partial charge is 0.336 e. The molecule has 3 heterocycles. The molecule has 1 N–H and O–H groups in total. The van der Waals surface area contributed by atoms with Crippen LogP contribution in [0.3, 0.4) is 0 Å². The number of carbonyl (C=O) groups excluding carboxylic acids is 1. The molecule has 1 aromatic heterocycles. The van der Waals surface area contributed by atoms with E-state index < -0.39 is 0 Å². The molecule has 2 aliphatic rings. The Morgan fingerprint density at radius 1 is 1.31 bits per heavy atom. The summed E-state index contributed by atoms with van der Waals surface area (Å²) in [5.41, 5.74) is 3.16. The van der Waals surface area contributed by atoms with Gasteiger partial charge in [0.1, 0.15) is 12.4 Å². The molecule has 1 fully saturated rings. The van der Waals surface area contributed by atoms with Crippen LogP contribution in [0.4, 0.5) is 4.53 Å². The highest BCUT2D eigenvalue weighted by atomic mass is 35.5. The van der Waals surface area contributed by atoms with Crippen molar-refractivity contribution in [2.75, 3.05) is 52.4 Å². The highest BCUT2D eigenvalue weighted by molar-refractivity contribution is 6.25.